The summed E-state index contributed by atoms with van der Waals surface area (Å²) in [4.78, 5) is 12.0. The number of hydrogen-bond donors (Lipinski definition) is 1. The van der Waals surface area contributed by atoms with Crippen molar-refractivity contribution in [3.63, 3.8) is 0 Å². The zero-order chi connectivity index (χ0) is 16.7. The van der Waals surface area contributed by atoms with Gasteiger partial charge in [0.05, 0.1) is 12.8 Å². The van der Waals surface area contributed by atoms with Crippen LogP contribution in [0.5, 0.6) is 0 Å². The van der Waals surface area contributed by atoms with Crippen molar-refractivity contribution in [2.75, 3.05) is 13.2 Å². The number of hydrogen-bond acceptors (Lipinski definition) is 5. The van der Waals surface area contributed by atoms with Gasteiger partial charge in [0, 0.05) is 31.0 Å². The Bertz CT molecular complexity index is 489. The monoisotopic (exact) mass is 323 g/mol. The van der Waals surface area contributed by atoms with Crippen molar-refractivity contribution < 1.29 is 14.3 Å². The molecule has 2 heterocycles. The van der Waals surface area contributed by atoms with Crippen LogP contribution in [0.15, 0.2) is 12.4 Å². The second kappa shape index (κ2) is 9.03. The van der Waals surface area contributed by atoms with Crippen LogP contribution in [0.2, 0.25) is 0 Å². The first-order chi connectivity index (χ1) is 11.2. The van der Waals surface area contributed by atoms with Crippen LogP contribution in [-0.4, -0.2) is 41.0 Å². The molecule has 23 heavy (non-hydrogen) atoms. The first kappa shape index (κ1) is 17.9. The summed E-state index contributed by atoms with van der Waals surface area (Å²) in [6.45, 7) is 8.07. The van der Waals surface area contributed by atoms with Gasteiger partial charge in [0.1, 0.15) is 12.1 Å². The lowest BCUT2D eigenvalue weighted by molar-refractivity contribution is -0.146. The molecular formula is C17H29N3O3. The molecule has 0 aromatic carbocycles. The third kappa shape index (κ3) is 5.04. The average molecular weight is 323 g/mol. The molecule has 0 bridgehead atoms. The van der Waals surface area contributed by atoms with Crippen molar-refractivity contribution in [1.82, 2.24) is 15.1 Å². The molecule has 1 saturated heterocycles. The number of nitrogens with one attached hydrogen (secondary N) is 1. The number of nitrogens with zero attached hydrogens (tertiary/aromatic N) is 2. The highest BCUT2D eigenvalue weighted by molar-refractivity contribution is 5.75. The van der Waals surface area contributed by atoms with Gasteiger partial charge in [-0.2, -0.15) is 5.10 Å². The van der Waals surface area contributed by atoms with E-state index >= 15 is 0 Å². The molecule has 1 aliphatic heterocycles. The topological polar surface area (TPSA) is 65.4 Å². The third-order valence-electron chi connectivity index (χ3n) is 4.19. The van der Waals surface area contributed by atoms with Crippen LogP contribution >= 0.6 is 0 Å². The first-order valence-electron chi connectivity index (χ1n) is 8.72. The molecule has 0 amide bonds. The van der Waals surface area contributed by atoms with Gasteiger partial charge in [0.2, 0.25) is 0 Å². The molecule has 6 heteroatoms. The number of unbranched alkanes of at least 4 members (excludes halogenated alkanes) is 1. The van der Waals surface area contributed by atoms with Gasteiger partial charge in [-0.1, -0.05) is 13.3 Å². The van der Waals surface area contributed by atoms with Gasteiger partial charge in [-0.05, 0) is 33.1 Å². The Hall–Kier alpha value is -1.40. The predicted molar refractivity (Wildman–Crippen MR) is 88.1 cm³/mol. The molecule has 1 aliphatic rings. The largest absolute Gasteiger partial charge is 0.465 e. The lowest BCUT2D eigenvalue weighted by atomic mass is 9.97. The van der Waals surface area contributed by atoms with Crippen molar-refractivity contribution in [3.05, 3.63) is 18.0 Å². The summed E-state index contributed by atoms with van der Waals surface area (Å²) in [5.41, 5.74) is 1.07. The summed E-state index contributed by atoms with van der Waals surface area (Å²) in [5, 5.41) is 7.71. The van der Waals surface area contributed by atoms with Gasteiger partial charge in [-0.3, -0.25) is 14.8 Å². The Labute approximate surface area is 138 Å². The molecule has 1 aromatic rings. The highest BCUT2D eigenvalue weighted by atomic mass is 16.5. The van der Waals surface area contributed by atoms with Crippen LogP contribution in [0.1, 0.15) is 58.1 Å². The Balaban J connectivity index is 1.94. The maximum absolute atomic E-state index is 12.0. The van der Waals surface area contributed by atoms with Crippen molar-refractivity contribution in [3.8, 4) is 0 Å². The number of aryl methyl sites for hydroxylation is 1. The van der Waals surface area contributed by atoms with Gasteiger partial charge in [-0.25, -0.2) is 0 Å². The van der Waals surface area contributed by atoms with Gasteiger partial charge in [0.25, 0.3) is 0 Å². The van der Waals surface area contributed by atoms with E-state index in [2.05, 4.69) is 24.3 Å². The number of ether oxygens (including phenoxy) is 2. The van der Waals surface area contributed by atoms with Crippen molar-refractivity contribution in [1.29, 1.82) is 0 Å². The second-order valence-corrected chi connectivity index (χ2v) is 6.08. The van der Waals surface area contributed by atoms with E-state index in [9.17, 15) is 4.79 Å². The molecular weight excluding hydrogens is 294 g/mol. The quantitative estimate of drug-likeness (QED) is 0.588. The van der Waals surface area contributed by atoms with Crippen LogP contribution in [0.25, 0.3) is 0 Å². The number of rotatable bonds is 8. The molecule has 1 unspecified atom stereocenters. The maximum atomic E-state index is 12.0. The Morgan fingerprint density at radius 1 is 1.57 bits per heavy atom. The van der Waals surface area contributed by atoms with E-state index in [1.54, 1.807) is 0 Å². The number of carbonyl (C=O) groups excluding carboxylic acids is 1. The summed E-state index contributed by atoms with van der Waals surface area (Å²) in [7, 11) is 0. The molecule has 6 nitrogen and oxygen atoms in total. The molecule has 0 spiro atoms. The third-order valence-corrected chi connectivity index (χ3v) is 4.19. The molecule has 2 rings (SSSR count). The van der Waals surface area contributed by atoms with Gasteiger partial charge >= 0.3 is 5.97 Å². The summed E-state index contributed by atoms with van der Waals surface area (Å²) < 4.78 is 13.1. The van der Waals surface area contributed by atoms with Gasteiger partial charge in [0.15, 0.2) is 0 Å². The Morgan fingerprint density at radius 3 is 3.09 bits per heavy atom. The van der Waals surface area contributed by atoms with Gasteiger partial charge in [-0.15, -0.1) is 0 Å². The van der Waals surface area contributed by atoms with E-state index in [-0.39, 0.29) is 24.2 Å². The molecule has 0 aliphatic carbocycles. The van der Waals surface area contributed by atoms with E-state index in [1.807, 2.05) is 24.0 Å². The van der Waals surface area contributed by atoms with Crippen LogP contribution in [0.4, 0.5) is 0 Å². The SMILES string of the molecule is CCCCOC(=O)C(C)N[C@@H]1CCCO[C@H]1c1cnn(CC)c1. The normalized spacial score (nSPS) is 22.7. The predicted octanol–water partition coefficient (Wildman–Crippen LogP) is 2.44. The molecule has 1 fully saturated rings. The van der Waals surface area contributed by atoms with Crippen LogP contribution in [0.3, 0.4) is 0 Å². The van der Waals surface area contributed by atoms with Gasteiger partial charge < -0.3 is 9.47 Å². The van der Waals surface area contributed by atoms with E-state index in [4.69, 9.17) is 9.47 Å². The molecule has 3 atom stereocenters. The van der Waals surface area contributed by atoms with E-state index in [1.165, 1.54) is 0 Å². The fourth-order valence-corrected chi connectivity index (χ4v) is 2.81. The zero-order valence-electron chi connectivity index (χ0n) is 14.5. The summed E-state index contributed by atoms with van der Waals surface area (Å²) >= 11 is 0. The summed E-state index contributed by atoms with van der Waals surface area (Å²) in [5.74, 6) is -0.188. The van der Waals surface area contributed by atoms with E-state index in [0.717, 1.165) is 44.4 Å². The summed E-state index contributed by atoms with van der Waals surface area (Å²) in [6.07, 6.45) is 7.73. The van der Waals surface area contributed by atoms with Crippen molar-refractivity contribution in [2.24, 2.45) is 0 Å². The highest BCUT2D eigenvalue weighted by Gasteiger charge is 2.31. The molecule has 0 radical (unpaired) electrons. The second-order valence-electron chi connectivity index (χ2n) is 6.08. The standard InChI is InChI=1S/C17H29N3O3/c1-4-6-9-23-17(21)13(3)19-15-8-7-10-22-16(15)14-11-18-20(5-2)12-14/h11-13,15-16,19H,4-10H2,1-3H3/t13?,15-,16+/m1/s1. The van der Waals surface area contributed by atoms with Crippen LogP contribution in [-0.2, 0) is 20.8 Å². The number of aromatic nitrogens is 2. The Morgan fingerprint density at radius 2 is 2.39 bits per heavy atom. The number of esters is 1. The smallest absolute Gasteiger partial charge is 0.322 e. The van der Waals surface area contributed by atoms with E-state index < -0.39 is 0 Å². The Kier molecular flexibility index (Phi) is 7.05. The first-order valence-corrected chi connectivity index (χ1v) is 8.72. The van der Waals surface area contributed by atoms with Crippen LogP contribution in [0, 0.1) is 0 Å². The molecule has 0 saturated carbocycles. The maximum Gasteiger partial charge on any atom is 0.322 e. The minimum Gasteiger partial charge on any atom is -0.465 e. The lowest BCUT2D eigenvalue weighted by Crippen LogP contribution is -2.47. The lowest BCUT2D eigenvalue weighted by Gasteiger charge is -2.33. The average Bonchev–Trinajstić information content (AvgIpc) is 3.04. The van der Waals surface area contributed by atoms with Crippen molar-refractivity contribution >= 4 is 5.97 Å². The zero-order valence-corrected chi connectivity index (χ0v) is 14.5. The highest BCUT2D eigenvalue weighted by Crippen LogP contribution is 2.28. The minimum atomic E-state index is -0.331. The molecule has 1 aromatic heterocycles. The molecule has 130 valence electrons. The summed E-state index contributed by atoms with van der Waals surface area (Å²) in [6, 6.07) is -0.228. The molecule has 1 N–H and O–H groups in total. The fraction of sp³-hybridized carbons (Fsp3) is 0.765. The number of carbonyl (C=O) groups is 1. The fourth-order valence-electron chi connectivity index (χ4n) is 2.81. The minimum absolute atomic E-state index is 0.0602. The van der Waals surface area contributed by atoms with E-state index in [0.29, 0.717) is 6.61 Å². The van der Waals surface area contributed by atoms with Crippen LogP contribution < -0.4 is 5.32 Å². The van der Waals surface area contributed by atoms with Crippen molar-refractivity contribution in [2.45, 2.75) is 71.2 Å².